The van der Waals surface area contributed by atoms with Crippen LogP contribution in [0.3, 0.4) is 0 Å². The van der Waals surface area contributed by atoms with Crippen molar-refractivity contribution in [3.05, 3.63) is 47.9 Å². The van der Waals surface area contributed by atoms with Gasteiger partial charge in [0.25, 0.3) is 0 Å². The quantitative estimate of drug-likeness (QED) is 0.668. The summed E-state index contributed by atoms with van der Waals surface area (Å²) in [6.45, 7) is 1.49. The second-order valence-electron chi connectivity index (χ2n) is 3.16. The Morgan fingerprint density at radius 1 is 1.43 bits per heavy atom. The smallest absolute Gasteiger partial charge is 0.207 e. The normalized spacial score (nSPS) is 18.4. The van der Waals surface area contributed by atoms with Crippen LogP contribution in [0.1, 0.15) is 0 Å². The summed E-state index contributed by atoms with van der Waals surface area (Å²) < 4.78 is 0. The third-order valence-corrected chi connectivity index (χ3v) is 2.27. The third-order valence-electron chi connectivity index (χ3n) is 2.27. The molecule has 0 radical (unpaired) electrons. The zero-order valence-electron chi connectivity index (χ0n) is 7.81. The van der Waals surface area contributed by atoms with Crippen molar-refractivity contribution in [2.45, 2.75) is 0 Å². The lowest BCUT2D eigenvalue weighted by atomic mass is 10.1. The van der Waals surface area contributed by atoms with Crippen LogP contribution in [0.15, 0.2) is 47.9 Å². The Balaban J connectivity index is 2.18. The number of amides is 1. The van der Waals surface area contributed by atoms with E-state index in [0.717, 1.165) is 18.5 Å². The molecule has 2 aliphatic heterocycles. The largest absolute Gasteiger partial charge is 0.355 e. The molecule has 0 aromatic heterocycles. The Bertz CT molecular complexity index is 350. The summed E-state index contributed by atoms with van der Waals surface area (Å²) in [5.41, 5.74) is 2.31. The van der Waals surface area contributed by atoms with Crippen LogP contribution < -0.4 is 5.32 Å². The Morgan fingerprint density at radius 3 is 3.21 bits per heavy atom. The molecular formula is C11H12N2O. The molecular weight excluding hydrogens is 176 g/mol. The molecule has 0 saturated carbocycles. The number of rotatable bonds is 3. The number of allylic oxidation sites excluding steroid dienone is 4. The van der Waals surface area contributed by atoms with Gasteiger partial charge in [-0.2, -0.15) is 0 Å². The van der Waals surface area contributed by atoms with Gasteiger partial charge in [0, 0.05) is 25.0 Å². The number of carbonyl (C=O) groups excluding carboxylic acids is 1. The molecule has 0 fully saturated rings. The SMILES string of the molecule is O=CNCC1=CC=CN2CC=CC=C12. The van der Waals surface area contributed by atoms with E-state index in [9.17, 15) is 4.79 Å². The molecule has 0 aromatic carbocycles. The van der Waals surface area contributed by atoms with Gasteiger partial charge in [0.1, 0.15) is 0 Å². The average molecular weight is 188 g/mol. The minimum absolute atomic E-state index is 0.587. The number of hydrogen-bond donors (Lipinski definition) is 1. The van der Waals surface area contributed by atoms with Crippen molar-refractivity contribution in [1.82, 2.24) is 10.2 Å². The highest BCUT2D eigenvalue weighted by Crippen LogP contribution is 2.22. The molecule has 0 unspecified atom stereocenters. The molecule has 72 valence electrons. The van der Waals surface area contributed by atoms with Gasteiger partial charge in [-0.15, -0.1) is 0 Å². The van der Waals surface area contributed by atoms with E-state index in [0.29, 0.717) is 6.54 Å². The predicted molar refractivity (Wildman–Crippen MR) is 55.2 cm³/mol. The Labute approximate surface area is 83.1 Å². The van der Waals surface area contributed by atoms with Crippen molar-refractivity contribution in [2.24, 2.45) is 0 Å². The Kier molecular flexibility index (Phi) is 2.49. The average Bonchev–Trinajstić information content (AvgIpc) is 2.26. The molecule has 0 aliphatic carbocycles. The maximum atomic E-state index is 10.2. The standard InChI is InChI=1S/C11H12N2O/c14-9-12-8-10-4-3-7-13-6-2-1-5-11(10)13/h1-5,7,9H,6,8H2,(H,12,14). The van der Waals surface area contributed by atoms with Crippen LogP contribution >= 0.6 is 0 Å². The third kappa shape index (κ3) is 1.62. The summed E-state index contributed by atoms with van der Waals surface area (Å²) in [4.78, 5) is 12.4. The van der Waals surface area contributed by atoms with Gasteiger partial charge in [-0.3, -0.25) is 4.79 Å². The molecule has 2 rings (SSSR count). The highest BCUT2D eigenvalue weighted by Gasteiger charge is 2.14. The summed E-state index contributed by atoms with van der Waals surface area (Å²) >= 11 is 0. The summed E-state index contributed by atoms with van der Waals surface area (Å²) in [5, 5.41) is 2.68. The van der Waals surface area contributed by atoms with Crippen LogP contribution in [-0.4, -0.2) is 24.4 Å². The van der Waals surface area contributed by atoms with E-state index in [1.54, 1.807) is 0 Å². The summed E-state index contributed by atoms with van der Waals surface area (Å²) in [7, 11) is 0. The van der Waals surface area contributed by atoms with Gasteiger partial charge in [0.15, 0.2) is 0 Å². The fourth-order valence-corrected chi connectivity index (χ4v) is 1.61. The first kappa shape index (κ1) is 8.81. The summed E-state index contributed by atoms with van der Waals surface area (Å²) in [5.74, 6) is 0. The molecule has 1 N–H and O–H groups in total. The van der Waals surface area contributed by atoms with Gasteiger partial charge >= 0.3 is 0 Å². The molecule has 0 spiro atoms. The minimum Gasteiger partial charge on any atom is -0.355 e. The summed E-state index contributed by atoms with van der Waals surface area (Å²) in [6, 6.07) is 0. The van der Waals surface area contributed by atoms with Gasteiger partial charge in [-0.05, 0) is 17.7 Å². The molecule has 3 heteroatoms. The monoisotopic (exact) mass is 188 g/mol. The molecule has 14 heavy (non-hydrogen) atoms. The van der Waals surface area contributed by atoms with E-state index in [2.05, 4.69) is 22.4 Å². The topological polar surface area (TPSA) is 32.3 Å². The number of fused-ring (bicyclic) bond motifs is 1. The fraction of sp³-hybridized carbons (Fsp3) is 0.182. The number of nitrogens with zero attached hydrogens (tertiary/aromatic N) is 1. The predicted octanol–water partition coefficient (Wildman–Crippen LogP) is 0.942. The van der Waals surface area contributed by atoms with Crippen LogP contribution in [0.5, 0.6) is 0 Å². The first-order chi connectivity index (χ1) is 6.92. The number of nitrogens with one attached hydrogen (secondary N) is 1. The van der Waals surface area contributed by atoms with E-state index in [1.165, 1.54) is 5.70 Å². The lowest BCUT2D eigenvalue weighted by Crippen LogP contribution is -2.26. The van der Waals surface area contributed by atoms with E-state index < -0.39 is 0 Å². The zero-order valence-corrected chi connectivity index (χ0v) is 7.81. The van der Waals surface area contributed by atoms with Gasteiger partial charge < -0.3 is 10.2 Å². The molecule has 0 aromatic rings. The van der Waals surface area contributed by atoms with Crippen LogP contribution in [0.2, 0.25) is 0 Å². The lowest BCUT2D eigenvalue weighted by Gasteiger charge is -2.28. The van der Waals surface area contributed by atoms with E-state index in [-0.39, 0.29) is 0 Å². The van der Waals surface area contributed by atoms with Gasteiger partial charge in [-0.1, -0.05) is 18.2 Å². The van der Waals surface area contributed by atoms with Gasteiger partial charge in [0.05, 0.1) is 0 Å². The van der Waals surface area contributed by atoms with E-state index in [1.807, 2.05) is 24.4 Å². The fourth-order valence-electron chi connectivity index (χ4n) is 1.61. The first-order valence-electron chi connectivity index (χ1n) is 4.60. The van der Waals surface area contributed by atoms with Gasteiger partial charge in [0.2, 0.25) is 6.41 Å². The molecule has 0 bridgehead atoms. The maximum Gasteiger partial charge on any atom is 0.207 e. The van der Waals surface area contributed by atoms with Crippen LogP contribution in [0, 0.1) is 0 Å². The second-order valence-corrected chi connectivity index (χ2v) is 3.16. The number of carbonyl (C=O) groups is 1. The second kappa shape index (κ2) is 3.96. The highest BCUT2D eigenvalue weighted by molar-refractivity contribution is 5.50. The van der Waals surface area contributed by atoms with Crippen molar-refractivity contribution in [1.29, 1.82) is 0 Å². The van der Waals surface area contributed by atoms with Crippen LogP contribution in [-0.2, 0) is 4.79 Å². The molecule has 0 atom stereocenters. The Hall–Kier alpha value is -1.77. The lowest BCUT2D eigenvalue weighted by molar-refractivity contribution is -0.109. The van der Waals surface area contributed by atoms with E-state index >= 15 is 0 Å². The van der Waals surface area contributed by atoms with Crippen LogP contribution in [0.4, 0.5) is 0 Å². The Morgan fingerprint density at radius 2 is 2.36 bits per heavy atom. The van der Waals surface area contributed by atoms with Crippen molar-refractivity contribution in [2.75, 3.05) is 13.1 Å². The van der Waals surface area contributed by atoms with Crippen LogP contribution in [0.25, 0.3) is 0 Å². The van der Waals surface area contributed by atoms with Gasteiger partial charge in [-0.25, -0.2) is 0 Å². The zero-order chi connectivity index (χ0) is 9.80. The molecule has 0 saturated heterocycles. The molecule has 2 heterocycles. The summed E-state index contributed by atoms with van der Waals surface area (Å²) in [6.07, 6.45) is 13.0. The highest BCUT2D eigenvalue weighted by atomic mass is 16.1. The van der Waals surface area contributed by atoms with Crippen molar-refractivity contribution < 1.29 is 4.79 Å². The minimum atomic E-state index is 0.587. The molecule has 2 aliphatic rings. The van der Waals surface area contributed by atoms with Crippen molar-refractivity contribution >= 4 is 6.41 Å². The molecule has 1 amide bonds. The molecule has 3 nitrogen and oxygen atoms in total. The first-order valence-corrected chi connectivity index (χ1v) is 4.60. The number of hydrogen-bond acceptors (Lipinski definition) is 2. The van der Waals surface area contributed by atoms with Crippen molar-refractivity contribution in [3.8, 4) is 0 Å². The maximum absolute atomic E-state index is 10.2. The van der Waals surface area contributed by atoms with Crippen molar-refractivity contribution in [3.63, 3.8) is 0 Å². The van der Waals surface area contributed by atoms with E-state index in [4.69, 9.17) is 0 Å².